The van der Waals surface area contributed by atoms with Crippen molar-refractivity contribution in [2.24, 2.45) is 11.7 Å². The van der Waals surface area contributed by atoms with Crippen molar-refractivity contribution in [2.75, 3.05) is 12.3 Å². The number of hydrogen-bond acceptors (Lipinski definition) is 4. The zero-order chi connectivity index (χ0) is 12.8. The van der Waals surface area contributed by atoms with Gasteiger partial charge >= 0.3 is 0 Å². The molecule has 0 heterocycles. The number of nitrogens with two attached hydrogens (primary N) is 1. The number of amides is 1. The lowest BCUT2D eigenvalue weighted by atomic mass is 10.0. The molecule has 16 heavy (non-hydrogen) atoms. The molecule has 1 unspecified atom stereocenters. The van der Waals surface area contributed by atoms with Crippen LogP contribution < -0.4 is 11.1 Å². The second-order valence-corrected chi connectivity index (χ2v) is 5.75. The predicted molar refractivity (Wildman–Crippen MR) is 61.5 cm³/mol. The number of rotatable bonds is 8. The fourth-order valence-corrected chi connectivity index (χ4v) is 1.81. The Morgan fingerprint density at radius 2 is 2.00 bits per heavy atom. The molecule has 1 amide bonds. The summed E-state index contributed by atoms with van der Waals surface area (Å²) in [5, 5.41) is 2.87. The number of carbonyl (C=O) groups excluding carboxylic acids is 1. The lowest BCUT2D eigenvalue weighted by Crippen LogP contribution is -2.42. The van der Waals surface area contributed by atoms with E-state index in [9.17, 15) is 13.2 Å². The molecule has 6 nitrogen and oxygen atoms in total. The van der Waals surface area contributed by atoms with Crippen LogP contribution in [-0.4, -0.2) is 37.2 Å². The highest BCUT2D eigenvalue weighted by molar-refractivity contribution is 7.85. The van der Waals surface area contributed by atoms with E-state index in [2.05, 4.69) is 5.32 Å². The molecule has 0 aliphatic rings. The number of hydrogen-bond donors (Lipinski definition) is 3. The zero-order valence-corrected chi connectivity index (χ0v) is 10.5. The first-order valence-electron chi connectivity index (χ1n) is 5.20. The van der Waals surface area contributed by atoms with E-state index in [1.807, 2.05) is 13.8 Å². The van der Waals surface area contributed by atoms with Crippen molar-refractivity contribution in [3.63, 3.8) is 0 Å². The van der Waals surface area contributed by atoms with Gasteiger partial charge in [-0.25, -0.2) is 0 Å². The minimum absolute atomic E-state index is 0.251. The van der Waals surface area contributed by atoms with Crippen molar-refractivity contribution in [1.29, 1.82) is 0 Å². The first-order chi connectivity index (χ1) is 7.22. The lowest BCUT2D eigenvalue weighted by molar-refractivity contribution is -0.120. The van der Waals surface area contributed by atoms with Crippen LogP contribution >= 0.6 is 0 Å². The average molecular weight is 252 g/mol. The highest BCUT2D eigenvalue weighted by Gasteiger charge is 2.16. The first-order valence-corrected chi connectivity index (χ1v) is 6.81. The summed E-state index contributed by atoms with van der Waals surface area (Å²) in [5.41, 5.74) is 5.18. The topological polar surface area (TPSA) is 109 Å². The van der Waals surface area contributed by atoms with Gasteiger partial charge in [0, 0.05) is 0 Å². The third kappa shape index (κ3) is 8.63. The second kappa shape index (κ2) is 6.82. The maximum absolute atomic E-state index is 11.0. The maximum Gasteiger partial charge on any atom is 0.264 e. The first kappa shape index (κ1) is 15.3. The molecule has 0 aromatic carbocycles. The Labute approximate surface area is 96.3 Å². The lowest BCUT2D eigenvalue weighted by Gasteiger charge is -2.16. The van der Waals surface area contributed by atoms with E-state index < -0.39 is 22.1 Å². The van der Waals surface area contributed by atoms with E-state index in [4.69, 9.17) is 10.3 Å². The number of nitrogens with one attached hydrogen (secondary N) is 1. The molecule has 0 aliphatic heterocycles. The van der Waals surface area contributed by atoms with Gasteiger partial charge in [0.25, 0.3) is 10.1 Å². The molecule has 0 saturated heterocycles. The Hall–Kier alpha value is -0.660. The maximum atomic E-state index is 11.0. The molecular weight excluding hydrogens is 232 g/mol. The zero-order valence-electron chi connectivity index (χ0n) is 9.64. The minimum atomic E-state index is -3.92. The summed E-state index contributed by atoms with van der Waals surface area (Å²) < 4.78 is 29.3. The Morgan fingerprint density at radius 3 is 2.38 bits per heavy atom. The molecule has 0 aliphatic carbocycles. The third-order valence-electron chi connectivity index (χ3n) is 2.02. The molecule has 0 spiro atoms. The molecule has 0 bridgehead atoms. The minimum Gasteiger partial charge on any atom is -0.368 e. The van der Waals surface area contributed by atoms with Crippen LogP contribution in [0.5, 0.6) is 0 Å². The Kier molecular flexibility index (Phi) is 6.54. The van der Waals surface area contributed by atoms with Crippen molar-refractivity contribution in [3.8, 4) is 0 Å². The van der Waals surface area contributed by atoms with Gasteiger partial charge in [0.15, 0.2) is 0 Å². The van der Waals surface area contributed by atoms with Crippen molar-refractivity contribution in [1.82, 2.24) is 5.32 Å². The van der Waals surface area contributed by atoms with Gasteiger partial charge < -0.3 is 11.1 Å². The summed E-state index contributed by atoms with van der Waals surface area (Å²) >= 11 is 0. The fourth-order valence-electron chi connectivity index (χ4n) is 1.30. The van der Waals surface area contributed by atoms with Gasteiger partial charge in [-0.3, -0.25) is 9.35 Å². The van der Waals surface area contributed by atoms with Gasteiger partial charge in [0.05, 0.1) is 11.8 Å². The van der Waals surface area contributed by atoms with Crippen molar-refractivity contribution in [3.05, 3.63) is 0 Å². The van der Waals surface area contributed by atoms with E-state index >= 15 is 0 Å². The van der Waals surface area contributed by atoms with Gasteiger partial charge in [-0.15, -0.1) is 0 Å². The molecule has 7 heteroatoms. The van der Waals surface area contributed by atoms with Gasteiger partial charge in [-0.2, -0.15) is 8.42 Å². The van der Waals surface area contributed by atoms with E-state index in [1.165, 1.54) is 0 Å². The quantitative estimate of drug-likeness (QED) is 0.408. The summed E-state index contributed by atoms with van der Waals surface area (Å²) in [5.74, 6) is -0.431. The summed E-state index contributed by atoms with van der Waals surface area (Å²) in [4.78, 5) is 11.0. The van der Waals surface area contributed by atoms with Crippen molar-refractivity contribution >= 4 is 16.0 Å². The van der Waals surface area contributed by atoms with Crippen LogP contribution in [0.3, 0.4) is 0 Å². The van der Waals surface area contributed by atoms with Crippen molar-refractivity contribution in [2.45, 2.75) is 32.7 Å². The standard InChI is InChI=1S/C9H20N2O4S/c1-7(2)6-8(9(10)12)11-4-3-5-16(13,14)15/h7-8,11H,3-6H2,1-2H3,(H2,10,12)(H,13,14,15). The summed E-state index contributed by atoms with van der Waals surface area (Å²) in [6, 6.07) is -0.443. The summed E-state index contributed by atoms with van der Waals surface area (Å²) in [6.07, 6.45) is 0.863. The van der Waals surface area contributed by atoms with Gasteiger partial charge in [-0.05, 0) is 25.3 Å². The largest absolute Gasteiger partial charge is 0.368 e. The molecule has 0 aromatic rings. The highest BCUT2D eigenvalue weighted by atomic mass is 32.2. The van der Waals surface area contributed by atoms with Crippen LogP contribution in [0.1, 0.15) is 26.7 Å². The van der Waals surface area contributed by atoms with Gasteiger partial charge in [-0.1, -0.05) is 13.8 Å². The molecule has 0 rings (SSSR count). The fraction of sp³-hybridized carbons (Fsp3) is 0.889. The van der Waals surface area contributed by atoms with Crippen LogP contribution in [-0.2, 0) is 14.9 Å². The smallest absolute Gasteiger partial charge is 0.264 e. The molecule has 0 aromatic heterocycles. The van der Waals surface area contributed by atoms with Crippen LogP contribution in [0.15, 0.2) is 0 Å². The number of carbonyl (C=O) groups is 1. The summed E-state index contributed by atoms with van der Waals surface area (Å²) in [6.45, 7) is 4.27. The van der Waals surface area contributed by atoms with E-state index in [-0.39, 0.29) is 12.2 Å². The molecule has 1 atom stereocenters. The Bertz CT molecular complexity index is 313. The van der Waals surface area contributed by atoms with Crippen molar-refractivity contribution < 1.29 is 17.8 Å². The normalized spacial score (nSPS) is 14.0. The summed E-state index contributed by atoms with van der Waals surface area (Å²) in [7, 11) is -3.92. The van der Waals surface area contributed by atoms with Gasteiger partial charge in [0.2, 0.25) is 5.91 Å². The van der Waals surface area contributed by atoms with Crippen LogP contribution in [0, 0.1) is 5.92 Å². The SMILES string of the molecule is CC(C)CC(NCCCS(=O)(=O)O)C(N)=O. The second-order valence-electron chi connectivity index (χ2n) is 4.18. The van der Waals surface area contributed by atoms with Crippen LogP contribution in [0.2, 0.25) is 0 Å². The van der Waals surface area contributed by atoms with Crippen LogP contribution in [0.4, 0.5) is 0 Å². The monoisotopic (exact) mass is 252 g/mol. The third-order valence-corrected chi connectivity index (χ3v) is 2.82. The predicted octanol–water partition coefficient (Wildman–Crippen LogP) is -0.246. The Morgan fingerprint density at radius 1 is 1.44 bits per heavy atom. The highest BCUT2D eigenvalue weighted by Crippen LogP contribution is 2.04. The molecule has 4 N–H and O–H groups in total. The number of primary amides is 1. The van der Waals surface area contributed by atoms with Gasteiger partial charge in [0.1, 0.15) is 0 Å². The molecule has 96 valence electrons. The molecule has 0 radical (unpaired) electrons. The molecular formula is C9H20N2O4S. The van der Waals surface area contributed by atoms with E-state index in [0.29, 0.717) is 18.9 Å². The molecule has 0 saturated carbocycles. The average Bonchev–Trinajstić information content (AvgIpc) is 2.07. The van der Waals surface area contributed by atoms with E-state index in [0.717, 1.165) is 0 Å². The van der Waals surface area contributed by atoms with E-state index in [1.54, 1.807) is 0 Å². The molecule has 0 fully saturated rings. The van der Waals surface area contributed by atoms with Crippen LogP contribution in [0.25, 0.3) is 0 Å². The Balaban J connectivity index is 3.90.